The Hall–Kier alpha value is -2.77. The zero-order valence-electron chi connectivity index (χ0n) is 19.5. The van der Waals surface area contributed by atoms with Crippen LogP contribution >= 0.6 is 0 Å². The molecule has 1 aromatic carbocycles. The van der Waals surface area contributed by atoms with Gasteiger partial charge in [0.15, 0.2) is 11.6 Å². The Kier molecular flexibility index (Phi) is 7.40. The monoisotopic (exact) mass is 457 g/mol. The number of anilines is 2. The summed E-state index contributed by atoms with van der Waals surface area (Å²) in [5.74, 6) is -0.560. The van der Waals surface area contributed by atoms with Gasteiger partial charge in [0.05, 0.1) is 5.69 Å². The van der Waals surface area contributed by atoms with Gasteiger partial charge in [-0.1, -0.05) is 0 Å². The molecule has 1 aromatic heterocycles. The van der Waals surface area contributed by atoms with Gasteiger partial charge < -0.3 is 15.5 Å². The van der Waals surface area contributed by atoms with Gasteiger partial charge in [0.1, 0.15) is 5.82 Å². The lowest BCUT2D eigenvalue weighted by Gasteiger charge is -2.31. The normalized spacial score (nSPS) is 20.1. The molecule has 0 aliphatic heterocycles. The number of halogens is 2. The minimum atomic E-state index is -1.01. The van der Waals surface area contributed by atoms with Crippen LogP contribution in [0, 0.1) is 11.6 Å². The molecule has 0 bridgehead atoms. The molecule has 6 nitrogen and oxygen atoms in total. The number of rotatable bonds is 7. The number of aryl methyl sites for hydroxylation is 1. The van der Waals surface area contributed by atoms with Crippen molar-refractivity contribution in [2.75, 3.05) is 23.3 Å². The van der Waals surface area contributed by atoms with Gasteiger partial charge in [0.2, 0.25) is 5.95 Å². The molecule has 0 unspecified atom stereocenters. The lowest BCUT2D eigenvalue weighted by molar-refractivity contribution is 0.0926. The van der Waals surface area contributed by atoms with E-state index in [2.05, 4.69) is 29.4 Å². The molecule has 0 saturated heterocycles. The maximum atomic E-state index is 13.4. The van der Waals surface area contributed by atoms with Crippen LogP contribution in [0.15, 0.2) is 18.2 Å². The standard InChI is InChI=1S/C25H33F2N5O/c1-3-32(4-2)23-19-7-5-6-8-22(19)30-25(31-23)29-18-12-10-17(11-13-18)28-24(33)16-9-14-20(26)21(27)15-16/h9,14-15,17-18H,3-8,10-13H2,1-2H3,(H,28,33)(H,29,30,31)/t17-,18+. The molecule has 1 heterocycles. The summed E-state index contributed by atoms with van der Waals surface area (Å²) < 4.78 is 26.5. The first-order chi connectivity index (χ1) is 16.0. The van der Waals surface area contributed by atoms with Crippen molar-refractivity contribution in [3.05, 3.63) is 46.7 Å². The highest BCUT2D eigenvalue weighted by molar-refractivity contribution is 5.94. The first-order valence-corrected chi connectivity index (χ1v) is 12.2. The Morgan fingerprint density at radius 3 is 2.39 bits per heavy atom. The molecule has 2 aliphatic rings. The van der Waals surface area contributed by atoms with Crippen molar-refractivity contribution < 1.29 is 13.6 Å². The zero-order valence-corrected chi connectivity index (χ0v) is 19.5. The van der Waals surface area contributed by atoms with Crippen molar-refractivity contribution >= 4 is 17.7 Å². The number of amides is 1. The molecule has 1 fully saturated rings. The fourth-order valence-electron chi connectivity index (χ4n) is 4.89. The average Bonchev–Trinajstić information content (AvgIpc) is 2.83. The van der Waals surface area contributed by atoms with Gasteiger partial charge in [0.25, 0.3) is 5.91 Å². The molecule has 8 heteroatoms. The third-order valence-corrected chi connectivity index (χ3v) is 6.80. The molecule has 1 saturated carbocycles. The fourth-order valence-corrected chi connectivity index (χ4v) is 4.89. The summed E-state index contributed by atoms with van der Waals surface area (Å²) >= 11 is 0. The van der Waals surface area contributed by atoms with E-state index in [4.69, 9.17) is 9.97 Å². The highest BCUT2D eigenvalue weighted by Gasteiger charge is 2.25. The van der Waals surface area contributed by atoms with E-state index in [0.717, 1.165) is 69.6 Å². The lowest BCUT2D eigenvalue weighted by atomic mass is 9.91. The summed E-state index contributed by atoms with van der Waals surface area (Å²) in [6.45, 7) is 6.15. The minimum absolute atomic E-state index is 0.0133. The summed E-state index contributed by atoms with van der Waals surface area (Å²) in [5, 5.41) is 6.49. The van der Waals surface area contributed by atoms with E-state index in [1.807, 2.05) is 0 Å². The Balaban J connectivity index is 1.37. The molecule has 2 N–H and O–H groups in total. The molecule has 4 rings (SSSR count). The van der Waals surface area contributed by atoms with Gasteiger partial charge in [-0.3, -0.25) is 4.79 Å². The van der Waals surface area contributed by atoms with E-state index >= 15 is 0 Å². The van der Waals surface area contributed by atoms with Gasteiger partial charge in [0, 0.05) is 36.3 Å². The van der Waals surface area contributed by atoms with Gasteiger partial charge in [-0.25, -0.2) is 13.8 Å². The number of benzene rings is 1. The molecule has 2 aromatic rings. The minimum Gasteiger partial charge on any atom is -0.357 e. The molecule has 0 atom stereocenters. The third-order valence-electron chi connectivity index (χ3n) is 6.80. The van der Waals surface area contributed by atoms with Gasteiger partial charge in [-0.2, -0.15) is 4.98 Å². The molecule has 33 heavy (non-hydrogen) atoms. The number of hydrogen-bond donors (Lipinski definition) is 2. The van der Waals surface area contributed by atoms with Crippen molar-refractivity contribution in [2.45, 2.75) is 77.3 Å². The Bertz CT molecular complexity index is 987. The zero-order chi connectivity index (χ0) is 23.4. The number of carbonyl (C=O) groups is 1. The Morgan fingerprint density at radius 2 is 1.70 bits per heavy atom. The van der Waals surface area contributed by atoms with Crippen molar-refractivity contribution in [1.29, 1.82) is 0 Å². The maximum Gasteiger partial charge on any atom is 0.251 e. The van der Waals surface area contributed by atoms with Crippen LogP contribution in [0.4, 0.5) is 20.5 Å². The summed E-state index contributed by atoms with van der Waals surface area (Å²) in [6.07, 6.45) is 7.78. The quantitative estimate of drug-likeness (QED) is 0.634. The largest absolute Gasteiger partial charge is 0.357 e. The fraction of sp³-hybridized carbons (Fsp3) is 0.560. The predicted molar refractivity (Wildman–Crippen MR) is 126 cm³/mol. The average molecular weight is 458 g/mol. The predicted octanol–water partition coefficient (Wildman–Crippen LogP) is 4.63. The molecule has 178 valence electrons. The van der Waals surface area contributed by atoms with Crippen molar-refractivity contribution in [1.82, 2.24) is 15.3 Å². The van der Waals surface area contributed by atoms with Crippen LogP contribution in [0.5, 0.6) is 0 Å². The van der Waals surface area contributed by atoms with E-state index in [9.17, 15) is 13.6 Å². The van der Waals surface area contributed by atoms with E-state index in [1.165, 1.54) is 30.2 Å². The topological polar surface area (TPSA) is 70.2 Å². The third kappa shape index (κ3) is 5.42. The van der Waals surface area contributed by atoms with E-state index in [0.29, 0.717) is 5.95 Å². The summed E-state index contributed by atoms with van der Waals surface area (Å²) in [7, 11) is 0. The van der Waals surface area contributed by atoms with Gasteiger partial charge in [-0.05, 0) is 83.4 Å². The van der Waals surface area contributed by atoms with Crippen LogP contribution in [-0.2, 0) is 12.8 Å². The lowest BCUT2D eigenvalue weighted by Crippen LogP contribution is -2.40. The number of aromatic nitrogens is 2. The van der Waals surface area contributed by atoms with E-state index in [1.54, 1.807) is 0 Å². The summed E-state index contributed by atoms with van der Waals surface area (Å²) in [4.78, 5) is 24.5. The van der Waals surface area contributed by atoms with Crippen molar-refractivity contribution in [2.24, 2.45) is 0 Å². The molecular weight excluding hydrogens is 424 g/mol. The van der Waals surface area contributed by atoms with Crippen LogP contribution in [-0.4, -0.2) is 41.0 Å². The van der Waals surface area contributed by atoms with E-state index < -0.39 is 11.6 Å². The number of hydrogen-bond acceptors (Lipinski definition) is 5. The molecule has 2 aliphatic carbocycles. The molecular formula is C25H33F2N5O. The molecule has 0 radical (unpaired) electrons. The summed E-state index contributed by atoms with van der Waals surface area (Å²) in [6, 6.07) is 3.49. The first-order valence-electron chi connectivity index (χ1n) is 12.2. The van der Waals surface area contributed by atoms with Crippen LogP contribution in [0.1, 0.15) is 74.0 Å². The second-order valence-electron chi connectivity index (χ2n) is 8.97. The molecule has 0 spiro atoms. The van der Waals surface area contributed by atoms with Crippen LogP contribution in [0.25, 0.3) is 0 Å². The van der Waals surface area contributed by atoms with Gasteiger partial charge in [-0.15, -0.1) is 0 Å². The summed E-state index contributed by atoms with van der Waals surface area (Å²) in [5.41, 5.74) is 2.62. The van der Waals surface area contributed by atoms with E-state index in [-0.39, 0.29) is 23.6 Å². The highest BCUT2D eigenvalue weighted by Crippen LogP contribution is 2.30. The number of carbonyl (C=O) groups excluding carboxylic acids is 1. The maximum absolute atomic E-state index is 13.4. The van der Waals surface area contributed by atoms with Crippen LogP contribution in [0.3, 0.4) is 0 Å². The van der Waals surface area contributed by atoms with Crippen molar-refractivity contribution in [3.8, 4) is 0 Å². The highest BCUT2D eigenvalue weighted by atomic mass is 19.2. The SMILES string of the molecule is CCN(CC)c1nc(N[C@H]2CC[C@@H](NC(=O)c3ccc(F)c(F)c3)CC2)nc2c1CCCC2. The van der Waals surface area contributed by atoms with Gasteiger partial charge >= 0.3 is 0 Å². The van der Waals surface area contributed by atoms with Crippen molar-refractivity contribution in [3.63, 3.8) is 0 Å². The Morgan fingerprint density at radius 1 is 1.00 bits per heavy atom. The Labute approximate surface area is 194 Å². The number of nitrogens with one attached hydrogen (secondary N) is 2. The molecule has 1 amide bonds. The van der Waals surface area contributed by atoms with Crippen LogP contribution < -0.4 is 15.5 Å². The number of nitrogens with zero attached hydrogens (tertiary/aromatic N) is 3. The van der Waals surface area contributed by atoms with Crippen LogP contribution in [0.2, 0.25) is 0 Å². The second kappa shape index (κ2) is 10.4. The first kappa shape index (κ1) is 23.4. The number of fused-ring (bicyclic) bond motifs is 1. The smallest absolute Gasteiger partial charge is 0.251 e. The second-order valence-corrected chi connectivity index (χ2v) is 8.97.